The third-order valence-electron chi connectivity index (χ3n) is 4.63. The van der Waals surface area contributed by atoms with Crippen LogP contribution in [0.25, 0.3) is 16.6 Å². The average molecular weight is 401 g/mol. The lowest BCUT2D eigenvalue weighted by molar-refractivity contribution is 0.262. The van der Waals surface area contributed by atoms with E-state index in [2.05, 4.69) is 20.9 Å². The molecule has 0 bridgehead atoms. The summed E-state index contributed by atoms with van der Waals surface area (Å²) in [5.74, 6) is -0.358. The number of nitrogens with one attached hydrogen (secondary N) is 2. The number of nitrogens with two attached hydrogens (primary N) is 1. The third-order valence-corrected chi connectivity index (χ3v) is 4.63. The van der Waals surface area contributed by atoms with Crippen molar-refractivity contribution in [1.29, 1.82) is 5.26 Å². The highest BCUT2D eigenvalue weighted by Gasteiger charge is 2.15. The molecule has 0 aliphatic heterocycles. The number of anilines is 3. The molecule has 2 aromatic carbocycles. The summed E-state index contributed by atoms with van der Waals surface area (Å²) in [6.07, 6.45) is 1.75. The first-order valence-electron chi connectivity index (χ1n) is 8.95. The fraction of sp³-hybridized carbons (Fsp3) is 0.0476. The van der Waals surface area contributed by atoms with Gasteiger partial charge in [0.15, 0.2) is 5.82 Å². The summed E-state index contributed by atoms with van der Waals surface area (Å²) in [5.41, 5.74) is 9.31. The summed E-state index contributed by atoms with van der Waals surface area (Å²) < 4.78 is 15.7. The molecule has 0 radical (unpaired) electrons. The number of carbonyl (C=O) groups is 1. The Morgan fingerprint density at radius 3 is 2.67 bits per heavy atom. The van der Waals surface area contributed by atoms with E-state index in [1.807, 2.05) is 30.3 Å². The van der Waals surface area contributed by atoms with Gasteiger partial charge in [-0.2, -0.15) is 5.26 Å². The van der Waals surface area contributed by atoms with Gasteiger partial charge in [0.05, 0.1) is 11.3 Å². The van der Waals surface area contributed by atoms with Crippen LogP contribution in [0.15, 0.2) is 54.7 Å². The Labute approximate surface area is 170 Å². The summed E-state index contributed by atoms with van der Waals surface area (Å²) in [6.45, 7) is 1.67. The number of aryl methyl sites for hydroxylation is 1. The maximum atomic E-state index is 14.1. The van der Waals surface area contributed by atoms with Crippen molar-refractivity contribution >= 4 is 28.7 Å². The molecule has 0 aliphatic rings. The van der Waals surface area contributed by atoms with Gasteiger partial charge in [0.25, 0.3) is 0 Å². The van der Waals surface area contributed by atoms with Crippen molar-refractivity contribution in [2.75, 3.05) is 16.4 Å². The summed E-state index contributed by atoms with van der Waals surface area (Å²) in [6, 6.07) is 14.7. The van der Waals surface area contributed by atoms with Crippen LogP contribution in [0.4, 0.5) is 26.4 Å². The van der Waals surface area contributed by atoms with E-state index < -0.39 is 11.8 Å². The molecule has 0 fully saturated rings. The van der Waals surface area contributed by atoms with Gasteiger partial charge in [-0.1, -0.05) is 29.5 Å². The van der Waals surface area contributed by atoms with Crippen LogP contribution in [0.2, 0.25) is 0 Å². The van der Waals surface area contributed by atoms with Crippen molar-refractivity contribution in [3.63, 3.8) is 0 Å². The Hall–Kier alpha value is -4.45. The van der Waals surface area contributed by atoms with Crippen LogP contribution in [0.1, 0.15) is 11.1 Å². The third kappa shape index (κ3) is 3.38. The summed E-state index contributed by atoms with van der Waals surface area (Å²) in [5, 5.41) is 22.1. The second kappa shape index (κ2) is 7.52. The monoisotopic (exact) mass is 401 g/mol. The zero-order chi connectivity index (χ0) is 21.3. The minimum atomic E-state index is -0.678. The van der Waals surface area contributed by atoms with Crippen molar-refractivity contribution in [3.05, 3.63) is 71.7 Å². The number of nitrogens with zero attached hydrogens (tertiary/aromatic N) is 4. The number of hydrogen-bond donors (Lipinski definition) is 3. The van der Waals surface area contributed by atoms with Gasteiger partial charge in [0, 0.05) is 17.4 Å². The smallest absolute Gasteiger partial charge is 0.323 e. The predicted octanol–water partition coefficient (Wildman–Crippen LogP) is 3.94. The van der Waals surface area contributed by atoms with Crippen LogP contribution in [0, 0.1) is 24.1 Å². The zero-order valence-electron chi connectivity index (χ0n) is 15.8. The topological polar surface area (TPSA) is 121 Å². The molecule has 0 aliphatic carbocycles. The molecule has 8 nitrogen and oxygen atoms in total. The predicted molar refractivity (Wildman–Crippen MR) is 111 cm³/mol. The number of nitrogen functional groups attached to an aromatic ring is 1. The Morgan fingerprint density at radius 2 is 1.93 bits per heavy atom. The molecule has 4 rings (SSSR count). The standard InChI is InChI=1S/C21H16FN7O/c1-12-4-9-17(22)18(16(12)11-23)26-21(30)25-14-7-5-13(6-8-14)15-3-2-10-29-19(15)20(24)27-28-29/h2-10H,24H2,1H3,(H2,25,26,30). The highest BCUT2D eigenvalue weighted by atomic mass is 19.1. The number of rotatable bonds is 3. The van der Waals surface area contributed by atoms with E-state index in [-0.39, 0.29) is 11.3 Å². The minimum Gasteiger partial charge on any atom is -0.380 e. The molecule has 4 N–H and O–H groups in total. The second-order valence-electron chi connectivity index (χ2n) is 6.57. The van der Waals surface area contributed by atoms with E-state index in [1.165, 1.54) is 12.1 Å². The maximum absolute atomic E-state index is 14.1. The lowest BCUT2D eigenvalue weighted by Crippen LogP contribution is -2.21. The fourth-order valence-electron chi connectivity index (χ4n) is 3.16. The van der Waals surface area contributed by atoms with Gasteiger partial charge >= 0.3 is 6.03 Å². The van der Waals surface area contributed by atoms with E-state index >= 15 is 0 Å². The summed E-state index contributed by atoms with van der Waals surface area (Å²) >= 11 is 0. The molecule has 4 aromatic rings. The zero-order valence-corrected chi connectivity index (χ0v) is 15.8. The van der Waals surface area contributed by atoms with Crippen molar-refractivity contribution in [3.8, 4) is 17.2 Å². The van der Waals surface area contributed by atoms with Gasteiger partial charge in [-0.05, 0) is 42.3 Å². The number of hydrogen-bond acceptors (Lipinski definition) is 5. The van der Waals surface area contributed by atoms with Gasteiger partial charge in [0.2, 0.25) is 0 Å². The van der Waals surface area contributed by atoms with Crippen LogP contribution in [-0.4, -0.2) is 20.9 Å². The normalized spacial score (nSPS) is 10.6. The van der Waals surface area contributed by atoms with Crippen LogP contribution in [-0.2, 0) is 0 Å². The molecule has 0 spiro atoms. The van der Waals surface area contributed by atoms with Crippen molar-refractivity contribution in [2.24, 2.45) is 0 Å². The molecular weight excluding hydrogens is 385 g/mol. The number of nitriles is 1. The van der Waals surface area contributed by atoms with Crippen LogP contribution in [0.5, 0.6) is 0 Å². The first-order valence-corrected chi connectivity index (χ1v) is 8.95. The SMILES string of the molecule is Cc1ccc(F)c(NC(=O)Nc2ccc(-c3cccn4nnc(N)c34)cc2)c1C#N. The molecule has 2 amide bonds. The molecule has 2 heterocycles. The molecule has 9 heteroatoms. The average Bonchev–Trinajstić information content (AvgIpc) is 3.13. The number of fused-ring (bicyclic) bond motifs is 1. The summed E-state index contributed by atoms with van der Waals surface area (Å²) in [7, 11) is 0. The quantitative estimate of drug-likeness (QED) is 0.480. The van der Waals surface area contributed by atoms with Crippen molar-refractivity contribution in [1.82, 2.24) is 14.8 Å². The fourth-order valence-corrected chi connectivity index (χ4v) is 3.16. The summed E-state index contributed by atoms with van der Waals surface area (Å²) in [4.78, 5) is 12.3. The van der Waals surface area contributed by atoms with Crippen LogP contribution < -0.4 is 16.4 Å². The molecule has 2 aromatic heterocycles. The number of benzene rings is 2. The molecule has 0 saturated heterocycles. The van der Waals surface area contributed by atoms with Gasteiger partial charge in [-0.25, -0.2) is 13.7 Å². The largest absolute Gasteiger partial charge is 0.380 e. The second-order valence-corrected chi connectivity index (χ2v) is 6.57. The number of aromatic nitrogens is 3. The van der Waals surface area contributed by atoms with E-state index in [9.17, 15) is 14.4 Å². The molecular formula is C21H16FN7O. The van der Waals surface area contributed by atoms with Gasteiger partial charge in [-0.3, -0.25) is 0 Å². The lowest BCUT2D eigenvalue weighted by Gasteiger charge is -2.12. The van der Waals surface area contributed by atoms with Crippen LogP contribution >= 0.6 is 0 Å². The molecule has 148 valence electrons. The Balaban J connectivity index is 1.55. The number of halogens is 1. The van der Waals surface area contributed by atoms with E-state index in [0.29, 0.717) is 22.6 Å². The molecule has 0 unspecified atom stereocenters. The van der Waals surface area contributed by atoms with Crippen LogP contribution in [0.3, 0.4) is 0 Å². The Kier molecular flexibility index (Phi) is 4.74. The molecule has 0 atom stereocenters. The van der Waals surface area contributed by atoms with Gasteiger partial charge in [-0.15, -0.1) is 5.10 Å². The van der Waals surface area contributed by atoms with E-state index in [4.69, 9.17) is 5.73 Å². The number of urea groups is 1. The van der Waals surface area contributed by atoms with Gasteiger partial charge < -0.3 is 16.4 Å². The first-order chi connectivity index (χ1) is 14.5. The van der Waals surface area contributed by atoms with Crippen molar-refractivity contribution in [2.45, 2.75) is 6.92 Å². The minimum absolute atomic E-state index is 0.0839. The van der Waals surface area contributed by atoms with Crippen molar-refractivity contribution < 1.29 is 9.18 Å². The Morgan fingerprint density at radius 1 is 1.17 bits per heavy atom. The highest BCUT2D eigenvalue weighted by Crippen LogP contribution is 2.28. The molecule has 30 heavy (non-hydrogen) atoms. The van der Waals surface area contributed by atoms with E-state index in [1.54, 1.807) is 29.8 Å². The number of amides is 2. The Bertz CT molecular complexity index is 1310. The number of carbonyl (C=O) groups excluding carboxylic acids is 1. The highest BCUT2D eigenvalue weighted by molar-refractivity contribution is 6.01. The maximum Gasteiger partial charge on any atom is 0.323 e. The first kappa shape index (κ1) is 18.9. The van der Waals surface area contributed by atoms with E-state index in [0.717, 1.165) is 11.1 Å². The molecule has 0 saturated carbocycles. The van der Waals surface area contributed by atoms with Gasteiger partial charge in [0.1, 0.15) is 17.4 Å². The number of pyridine rings is 1. The lowest BCUT2D eigenvalue weighted by atomic mass is 10.1.